The van der Waals surface area contributed by atoms with Crippen LogP contribution in [-0.4, -0.2) is 23.5 Å². The van der Waals surface area contributed by atoms with E-state index in [2.05, 4.69) is 47.4 Å². The smallest absolute Gasteiger partial charge is 0.0564 e. The summed E-state index contributed by atoms with van der Waals surface area (Å²) in [5.41, 5.74) is 3.47. The van der Waals surface area contributed by atoms with Gasteiger partial charge in [-0.15, -0.1) is 0 Å². The summed E-state index contributed by atoms with van der Waals surface area (Å²) in [5, 5.41) is 4.17. The maximum atomic E-state index is 5.91. The van der Waals surface area contributed by atoms with Crippen molar-refractivity contribution in [2.45, 2.75) is 26.4 Å². The Kier molecular flexibility index (Phi) is 6.03. The summed E-state index contributed by atoms with van der Waals surface area (Å²) in [6.07, 6.45) is 2.98. The standard InChI is InChI=1S/C17H22ClN3/c1-3-9-19-16-8-10-20-17(11-16)13-21(2)12-14-4-6-15(18)7-5-14/h4-8,10-11H,3,9,12-13H2,1-2H3,(H,19,20). The molecule has 4 heteroatoms. The molecular formula is C17H22ClN3. The molecule has 0 bridgehead atoms. The quantitative estimate of drug-likeness (QED) is 0.831. The lowest BCUT2D eigenvalue weighted by Gasteiger charge is -2.17. The van der Waals surface area contributed by atoms with E-state index in [4.69, 9.17) is 11.6 Å². The number of hydrogen-bond donors (Lipinski definition) is 1. The third-order valence-corrected chi connectivity index (χ3v) is 3.45. The fourth-order valence-corrected chi connectivity index (χ4v) is 2.30. The lowest BCUT2D eigenvalue weighted by molar-refractivity contribution is 0.315. The van der Waals surface area contributed by atoms with Crippen LogP contribution in [0.4, 0.5) is 5.69 Å². The molecular weight excluding hydrogens is 282 g/mol. The predicted octanol–water partition coefficient (Wildman–Crippen LogP) is 4.19. The maximum Gasteiger partial charge on any atom is 0.0564 e. The van der Waals surface area contributed by atoms with E-state index in [1.54, 1.807) is 0 Å². The minimum absolute atomic E-state index is 0.776. The molecule has 1 N–H and O–H groups in total. The number of pyridine rings is 1. The monoisotopic (exact) mass is 303 g/mol. The second-order valence-corrected chi connectivity index (χ2v) is 5.70. The number of benzene rings is 1. The van der Waals surface area contributed by atoms with Gasteiger partial charge in [-0.2, -0.15) is 0 Å². The van der Waals surface area contributed by atoms with Gasteiger partial charge in [-0.3, -0.25) is 9.88 Å². The van der Waals surface area contributed by atoms with Gasteiger partial charge in [0.25, 0.3) is 0 Å². The fraction of sp³-hybridized carbons (Fsp3) is 0.353. The van der Waals surface area contributed by atoms with E-state index < -0.39 is 0 Å². The molecule has 0 spiro atoms. The molecule has 1 aromatic heterocycles. The summed E-state index contributed by atoms with van der Waals surface area (Å²) in [7, 11) is 2.10. The number of aromatic nitrogens is 1. The van der Waals surface area contributed by atoms with Gasteiger partial charge in [0.05, 0.1) is 5.69 Å². The first-order valence-electron chi connectivity index (χ1n) is 7.29. The van der Waals surface area contributed by atoms with E-state index in [9.17, 15) is 0 Å². The minimum atomic E-state index is 0.776. The van der Waals surface area contributed by atoms with Crippen LogP contribution >= 0.6 is 11.6 Å². The Hall–Kier alpha value is -1.58. The number of nitrogens with one attached hydrogen (secondary N) is 1. The van der Waals surface area contributed by atoms with E-state index in [1.807, 2.05) is 24.4 Å². The first-order valence-corrected chi connectivity index (χ1v) is 7.67. The van der Waals surface area contributed by atoms with E-state index >= 15 is 0 Å². The summed E-state index contributed by atoms with van der Waals surface area (Å²) in [4.78, 5) is 6.69. The molecule has 0 unspecified atom stereocenters. The minimum Gasteiger partial charge on any atom is -0.385 e. The topological polar surface area (TPSA) is 28.2 Å². The molecule has 0 fully saturated rings. The molecule has 112 valence electrons. The van der Waals surface area contributed by atoms with Gasteiger partial charge in [-0.1, -0.05) is 30.7 Å². The van der Waals surface area contributed by atoms with Gasteiger partial charge in [-0.25, -0.2) is 0 Å². The molecule has 0 radical (unpaired) electrons. The molecule has 2 rings (SSSR count). The van der Waals surface area contributed by atoms with Crippen molar-refractivity contribution in [1.82, 2.24) is 9.88 Å². The number of nitrogens with zero attached hydrogens (tertiary/aromatic N) is 2. The van der Waals surface area contributed by atoms with Gasteiger partial charge in [0.2, 0.25) is 0 Å². The van der Waals surface area contributed by atoms with Gasteiger partial charge in [0, 0.05) is 36.5 Å². The van der Waals surface area contributed by atoms with Crippen molar-refractivity contribution in [2.75, 3.05) is 18.9 Å². The van der Waals surface area contributed by atoms with Gasteiger partial charge >= 0.3 is 0 Å². The Bertz CT molecular complexity index is 554. The Labute approximate surface area is 132 Å². The van der Waals surface area contributed by atoms with Gasteiger partial charge in [0.1, 0.15) is 0 Å². The van der Waals surface area contributed by atoms with E-state index in [1.165, 1.54) is 5.56 Å². The summed E-state index contributed by atoms with van der Waals surface area (Å²) in [5.74, 6) is 0. The van der Waals surface area contributed by atoms with Crippen molar-refractivity contribution in [3.05, 3.63) is 58.9 Å². The molecule has 21 heavy (non-hydrogen) atoms. The van der Waals surface area contributed by atoms with Gasteiger partial charge in [-0.05, 0) is 43.3 Å². The molecule has 0 atom stereocenters. The lowest BCUT2D eigenvalue weighted by Crippen LogP contribution is -2.18. The number of rotatable bonds is 7. The zero-order valence-corrected chi connectivity index (χ0v) is 13.4. The highest BCUT2D eigenvalue weighted by Crippen LogP contribution is 2.13. The van der Waals surface area contributed by atoms with Gasteiger partial charge < -0.3 is 5.32 Å². The third kappa shape index (κ3) is 5.37. The first kappa shape index (κ1) is 15.8. The Morgan fingerprint density at radius 2 is 1.90 bits per heavy atom. The van der Waals surface area contributed by atoms with E-state index in [0.717, 1.165) is 42.5 Å². The van der Waals surface area contributed by atoms with Crippen molar-refractivity contribution in [3.8, 4) is 0 Å². The van der Waals surface area contributed by atoms with Crippen molar-refractivity contribution in [3.63, 3.8) is 0 Å². The summed E-state index contributed by atoms with van der Waals surface area (Å²) in [6, 6.07) is 12.1. The van der Waals surface area contributed by atoms with Crippen molar-refractivity contribution in [1.29, 1.82) is 0 Å². The first-order chi connectivity index (χ1) is 10.2. The van der Waals surface area contributed by atoms with E-state index in [-0.39, 0.29) is 0 Å². The Morgan fingerprint density at radius 1 is 1.14 bits per heavy atom. The molecule has 1 heterocycles. The zero-order valence-electron chi connectivity index (χ0n) is 12.6. The molecule has 0 aliphatic rings. The number of hydrogen-bond acceptors (Lipinski definition) is 3. The van der Waals surface area contributed by atoms with Crippen LogP contribution in [0.3, 0.4) is 0 Å². The average molecular weight is 304 g/mol. The summed E-state index contributed by atoms with van der Waals surface area (Å²) >= 11 is 5.91. The van der Waals surface area contributed by atoms with Crippen LogP contribution < -0.4 is 5.32 Å². The van der Waals surface area contributed by atoms with Gasteiger partial charge in [0.15, 0.2) is 0 Å². The van der Waals surface area contributed by atoms with Crippen molar-refractivity contribution >= 4 is 17.3 Å². The van der Waals surface area contributed by atoms with Crippen molar-refractivity contribution in [2.24, 2.45) is 0 Å². The largest absolute Gasteiger partial charge is 0.385 e. The molecule has 3 nitrogen and oxygen atoms in total. The Morgan fingerprint density at radius 3 is 2.62 bits per heavy atom. The molecule has 0 saturated carbocycles. The SMILES string of the molecule is CCCNc1ccnc(CN(C)Cc2ccc(Cl)cc2)c1. The fourth-order valence-electron chi connectivity index (χ4n) is 2.18. The Balaban J connectivity index is 1.92. The summed E-state index contributed by atoms with van der Waals surface area (Å²) < 4.78 is 0. The van der Waals surface area contributed by atoms with Crippen LogP contribution in [0.2, 0.25) is 5.02 Å². The average Bonchev–Trinajstić information content (AvgIpc) is 2.48. The summed E-state index contributed by atoms with van der Waals surface area (Å²) in [6.45, 7) is 4.86. The lowest BCUT2D eigenvalue weighted by atomic mass is 10.2. The zero-order chi connectivity index (χ0) is 15.1. The molecule has 1 aromatic carbocycles. The van der Waals surface area contributed by atoms with Crippen molar-refractivity contribution < 1.29 is 0 Å². The highest BCUT2D eigenvalue weighted by Gasteiger charge is 2.04. The number of halogens is 1. The van der Waals surface area contributed by atoms with E-state index in [0.29, 0.717) is 0 Å². The molecule has 2 aromatic rings. The molecule has 0 aliphatic heterocycles. The normalized spacial score (nSPS) is 10.9. The second-order valence-electron chi connectivity index (χ2n) is 5.26. The molecule has 0 saturated heterocycles. The highest BCUT2D eigenvalue weighted by atomic mass is 35.5. The highest BCUT2D eigenvalue weighted by molar-refractivity contribution is 6.30. The third-order valence-electron chi connectivity index (χ3n) is 3.19. The van der Waals surface area contributed by atoms with Crippen LogP contribution in [0.1, 0.15) is 24.6 Å². The molecule has 0 aliphatic carbocycles. The maximum absolute atomic E-state index is 5.91. The van der Waals surface area contributed by atoms with Crippen LogP contribution in [0.5, 0.6) is 0 Å². The van der Waals surface area contributed by atoms with Crippen LogP contribution in [-0.2, 0) is 13.1 Å². The molecule has 0 amide bonds. The van der Waals surface area contributed by atoms with Crippen LogP contribution in [0.15, 0.2) is 42.6 Å². The number of anilines is 1. The van der Waals surface area contributed by atoms with Crippen LogP contribution in [0, 0.1) is 0 Å². The second kappa shape index (κ2) is 8.01. The predicted molar refractivity (Wildman–Crippen MR) is 89.6 cm³/mol. The van der Waals surface area contributed by atoms with Crippen LogP contribution in [0.25, 0.3) is 0 Å².